The highest BCUT2D eigenvalue weighted by atomic mass is 127. The van der Waals surface area contributed by atoms with Crippen molar-refractivity contribution in [3.05, 3.63) is 67.2 Å². The van der Waals surface area contributed by atoms with Crippen molar-refractivity contribution in [2.45, 2.75) is 12.5 Å². The third-order valence-electron chi connectivity index (χ3n) is 3.04. The van der Waals surface area contributed by atoms with E-state index in [-0.39, 0.29) is 6.04 Å². The third-order valence-corrected chi connectivity index (χ3v) is 4.32. The zero-order chi connectivity index (χ0) is 13.8. The van der Waals surface area contributed by atoms with Crippen LogP contribution in [0, 0.1) is 3.57 Å². The minimum Gasteiger partial charge on any atom is -0.313 e. The number of hydrogen-bond donors (Lipinski definition) is 1. The molecule has 2 aromatic carbocycles. The summed E-state index contributed by atoms with van der Waals surface area (Å²) in [4.78, 5) is 0. The lowest BCUT2D eigenvalue weighted by molar-refractivity contribution is 0.592. The zero-order valence-corrected chi connectivity index (χ0v) is 14.1. The SMILES string of the molecule is CNC(Cc1ccc(I)cc1)c1ccc(Cl)cc1Cl. The molecule has 1 atom stereocenters. The predicted octanol–water partition coefficient (Wildman–Crippen LogP) is 5.10. The average Bonchev–Trinajstić information content (AvgIpc) is 2.39. The van der Waals surface area contributed by atoms with E-state index >= 15 is 0 Å². The van der Waals surface area contributed by atoms with Crippen molar-refractivity contribution in [1.82, 2.24) is 5.32 Å². The number of halogens is 3. The molecule has 0 aliphatic rings. The molecule has 0 spiro atoms. The summed E-state index contributed by atoms with van der Waals surface area (Å²) < 4.78 is 1.24. The van der Waals surface area contributed by atoms with Crippen LogP contribution in [0.25, 0.3) is 0 Å². The summed E-state index contributed by atoms with van der Waals surface area (Å²) in [6.07, 6.45) is 0.898. The first-order valence-electron chi connectivity index (χ1n) is 5.97. The van der Waals surface area contributed by atoms with Crippen LogP contribution >= 0.6 is 45.8 Å². The quantitative estimate of drug-likeness (QED) is 0.697. The molecule has 0 saturated carbocycles. The first-order chi connectivity index (χ1) is 9.10. The van der Waals surface area contributed by atoms with E-state index in [1.807, 2.05) is 19.2 Å². The lowest BCUT2D eigenvalue weighted by atomic mass is 9.99. The number of nitrogens with one attached hydrogen (secondary N) is 1. The van der Waals surface area contributed by atoms with E-state index in [4.69, 9.17) is 23.2 Å². The molecule has 2 rings (SSSR count). The maximum Gasteiger partial charge on any atom is 0.0468 e. The maximum atomic E-state index is 6.27. The highest BCUT2D eigenvalue weighted by Gasteiger charge is 2.13. The Labute approximate surface area is 137 Å². The summed E-state index contributed by atoms with van der Waals surface area (Å²) in [6, 6.07) is 14.4. The minimum absolute atomic E-state index is 0.185. The Kier molecular flexibility index (Phi) is 5.51. The first kappa shape index (κ1) is 15.1. The van der Waals surface area contributed by atoms with E-state index in [1.54, 1.807) is 6.07 Å². The van der Waals surface area contributed by atoms with Gasteiger partial charge in [-0.3, -0.25) is 0 Å². The molecule has 0 heterocycles. The van der Waals surface area contributed by atoms with Crippen molar-refractivity contribution in [3.8, 4) is 0 Å². The molecule has 100 valence electrons. The summed E-state index contributed by atoms with van der Waals surface area (Å²) in [6.45, 7) is 0. The summed E-state index contributed by atoms with van der Waals surface area (Å²) in [7, 11) is 1.95. The molecule has 0 amide bonds. The van der Waals surface area contributed by atoms with Crippen LogP contribution in [0.15, 0.2) is 42.5 Å². The van der Waals surface area contributed by atoms with Crippen LogP contribution in [0.1, 0.15) is 17.2 Å². The van der Waals surface area contributed by atoms with Crippen LogP contribution in [-0.4, -0.2) is 7.05 Å². The molecule has 0 aromatic heterocycles. The Morgan fingerprint density at radius 3 is 2.37 bits per heavy atom. The minimum atomic E-state index is 0.185. The lowest BCUT2D eigenvalue weighted by Crippen LogP contribution is -2.19. The van der Waals surface area contributed by atoms with Crippen molar-refractivity contribution in [2.75, 3.05) is 7.05 Å². The zero-order valence-electron chi connectivity index (χ0n) is 10.5. The van der Waals surface area contributed by atoms with Gasteiger partial charge in [-0.15, -0.1) is 0 Å². The molecule has 0 fully saturated rings. The van der Waals surface area contributed by atoms with Gasteiger partial charge in [0.2, 0.25) is 0 Å². The van der Waals surface area contributed by atoms with Gasteiger partial charge in [0.1, 0.15) is 0 Å². The van der Waals surface area contributed by atoms with Crippen molar-refractivity contribution in [3.63, 3.8) is 0 Å². The fraction of sp³-hybridized carbons (Fsp3) is 0.200. The Morgan fingerprint density at radius 2 is 1.79 bits per heavy atom. The van der Waals surface area contributed by atoms with Crippen molar-refractivity contribution < 1.29 is 0 Å². The van der Waals surface area contributed by atoms with Gasteiger partial charge < -0.3 is 5.32 Å². The number of likely N-dealkylation sites (N-methyl/N-ethyl adjacent to an activating group) is 1. The van der Waals surface area contributed by atoms with Crippen molar-refractivity contribution in [2.24, 2.45) is 0 Å². The smallest absolute Gasteiger partial charge is 0.0468 e. The Balaban J connectivity index is 2.22. The van der Waals surface area contributed by atoms with Crippen LogP contribution in [0.5, 0.6) is 0 Å². The fourth-order valence-electron chi connectivity index (χ4n) is 2.01. The highest BCUT2D eigenvalue weighted by molar-refractivity contribution is 14.1. The van der Waals surface area contributed by atoms with Gasteiger partial charge in [-0.25, -0.2) is 0 Å². The van der Waals surface area contributed by atoms with Crippen molar-refractivity contribution in [1.29, 1.82) is 0 Å². The molecule has 19 heavy (non-hydrogen) atoms. The molecule has 0 aliphatic carbocycles. The Bertz CT molecular complexity index is 555. The second-order valence-corrected chi connectivity index (χ2v) is 6.43. The fourth-order valence-corrected chi connectivity index (χ4v) is 2.91. The van der Waals surface area contributed by atoms with E-state index < -0.39 is 0 Å². The summed E-state index contributed by atoms with van der Waals surface area (Å²) in [5, 5.41) is 4.68. The van der Waals surface area contributed by atoms with Crippen LogP contribution in [0.3, 0.4) is 0 Å². The van der Waals surface area contributed by atoms with E-state index in [1.165, 1.54) is 9.13 Å². The van der Waals surface area contributed by atoms with Crippen LogP contribution < -0.4 is 5.32 Å². The molecular formula is C15H14Cl2IN. The van der Waals surface area contributed by atoms with Gasteiger partial charge in [0, 0.05) is 19.7 Å². The van der Waals surface area contributed by atoms with E-state index in [2.05, 4.69) is 52.2 Å². The largest absolute Gasteiger partial charge is 0.313 e. The molecular weight excluding hydrogens is 392 g/mol. The predicted molar refractivity (Wildman–Crippen MR) is 91.1 cm³/mol. The topological polar surface area (TPSA) is 12.0 Å². The maximum absolute atomic E-state index is 6.27. The van der Waals surface area contributed by atoms with Crippen LogP contribution in [-0.2, 0) is 6.42 Å². The van der Waals surface area contributed by atoms with Crippen LogP contribution in [0.2, 0.25) is 10.0 Å². The normalized spacial score (nSPS) is 12.4. The summed E-state index contributed by atoms with van der Waals surface area (Å²) >= 11 is 14.5. The molecule has 0 radical (unpaired) electrons. The monoisotopic (exact) mass is 405 g/mol. The molecule has 4 heteroatoms. The summed E-state index contributed by atoms with van der Waals surface area (Å²) in [5.41, 5.74) is 2.36. The second kappa shape index (κ2) is 6.93. The third kappa shape index (κ3) is 4.09. The number of rotatable bonds is 4. The molecule has 1 nitrogen and oxygen atoms in total. The van der Waals surface area contributed by atoms with Gasteiger partial charge in [0.15, 0.2) is 0 Å². The van der Waals surface area contributed by atoms with Gasteiger partial charge in [-0.1, -0.05) is 41.4 Å². The second-order valence-electron chi connectivity index (χ2n) is 4.34. The van der Waals surface area contributed by atoms with Crippen LogP contribution in [0.4, 0.5) is 0 Å². The number of benzene rings is 2. The standard InChI is InChI=1S/C15H14Cl2IN/c1-19-15(8-10-2-5-12(18)6-3-10)13-7-4-11(16)9-14(13)17/h2-7,9,15,19H,8H2,1H3. The van der Waals surface area contributed by atoms with Gasteiger partial charge in [-0.05, 0) is 71.5 Å². The van der Waals surface area contributed by atoms with Gasteiger partial charge in [0.05, 0.1) is 0 Å². The van der Waals surface area contributed by atoms with E-state index in [9.17, 15) is 0 Å². The molecule has 2 aromatic rings. The van der Waals surface area contributed by atoms with E-state index in [0.29, 0.717) is 10.0 Å². The average molecular weight is 406 g/mol. The number of hydrogen-bond acceptors (Lipinski definition) is 1. The molecule has 0 saturated heterocycles. The molecule has 1 unspecified atom stereocenters. The first-order valence-corrected chi connectivity index (χ1v) is 7.80. The van der Waals surface area contributed by atoms with E-state index in [0.717, 1.165) is 12.0 Å². The molecule has 0 bridgehead atoms. The lowest BCUT2D eigenvalue weighted by Gasteiger charge is -2.18. The Morgan fingerprint density at radius 1 is 1.11 bits per heavy atom. The Hall–Kier alpha value is -0.290. The van der Waals surface area contributed by atoms with Gasteiger partial charge in [-0.2, -0.15) is 0 Å². The molecule has 0 aliphatic heterocycles. The van der Waals surface area contributed by atoms with Gasteiger partial charge in [0.25, 0.3) is 0 Å². The highest BCUT2D eigenvalue weighted by Crippen LogP contribution is 2.28. The molecule has 1 N–H and O–H groups in total. The summed E-state index contributed by atoms with van der Waals surface area (Å²) in [5.74, 6) is 0. The van der Waals surface area contributed by atoms with Crippen molar-refractivity contribution >= 4 is 45.8 Å². The van der Waals surface area contributed by atoms with Gasteiger partial charge >= 0.3 is 0 Å².